The second kappa shape index (κ2) is 6.23. The van der Waals surface area contributed by atoms with E-state index in [0.717, 1.165) is 18.8 Å². The second-order valence-corrected chi connectivity index (χ2v) is 5.51. The van der Waals surface area contributed by atoms with E-state index in [1.807, 2.05) is 0 Å². The number of aromatic nitrogens is 2. The smallest absolute Gasteiger partial charge is 0.0678 e. The third-order valence-electron chi connectivity index (χ3n) is 3.90. The number of aryl methyl sites for hydroxylation is 2. The molecule has 0 aliphatic carbocycles. The van der Waals surface area contributed by atoms with Gasteiger partial charge in [0.05, 0.1) is 11.4 Å². The number of rotatable bonds is 5. The van der Waals surface area contributed by atoms with E-state index in [1.165, 1.54) is 34.5 Å². The van der Waals surface area contributed by atoms with Crippen molar-refractivity contribution >= 4 is 0 Å². The fourth-order valence-corrected chi connectivity index (χ4v) is 2.43. The van der Waals surface area contributed by atoms with Crippen LogP contribution in [0.4, 0.5) is 0 Å². The van der Waals surface area contributed by atoms with Gasteiger partial charge >= 0.3 is 0 Å². The predicted octanol–water partition coefficient (Wildman–Crippen LogP) is 3.61. The summed E-state index contributed by atoms with van der Waals surface area (Å²) in [5.41, 5.74) is 7.39. The van der Waals surface area contributed by atoms with E-state index in [4.69, 9.17) is 0 Å². The van der Waals surface area contributed by atoms with Crippen molar-refractivity contribution in [1.82, 2.24) is 15.1 Å². The molecule has 0 fully saturated rings. The Labute approximate surface area is 122 Å². The van der Waals surface area contributed by atoms with Gasteiger partial charge in [-0.25, -0.2) is 4.68 Å². The summed E-state index contributed by atoms with van der Waals surface area (Å²) < 4.78 is 2.06. The highest BCUT2D eigenvalue weighted by Gasteiger charge is 2.10. The molecule has 1 N–H and O–H groups in total. The molecule has 0 saturated carbocycles. The van der Waals surface area contributed by atoms with Crippen LogP contribution in [0.25, 0.3) is 5.69 Å². The molecule has 0 amide bonds. The summed E-state index contributed by atoms with van der Waals surface area (Å²) >= 11 is 0. The summed E-state index contributed by atoms with van der Waals surface area (Å²) in [4.78, 5) is 0. The molecule has 0 aliphatic rings. The Hall–Kier alpha value is -1.61. The van der Waals surface area contributed by atoms with E-state index in [2.05, 4.69) is 67.9 Å². The van der Waals surface area contributed by atoms with Gasteiger partial charge in [-0.15, -0.1) is 0 Å². The molecule has 0 atom stereocenters. The molecule has 3 nitrogen and oxygen atoms in total. The molecule has 1 aromatic heterocycles. The van der Waals surface area contributed by atoms with Crippen molar-refractivity contribution in [3.63, 3.8) is 0 Å². The fraction of sp³-hybridized carbons (Fsp3) is 0.471. The zero-order valence-corrected chi connectivity index (χ0v) is 13.2. The van der Waals surface area contributed by atoms with Crippen molar-refractivity contribution in [3.8, 4) is 5.69 Å². The van der Waals surface area contributed by atoms with Crippen molar-refractivity contribution in [2.45, 2.75) is 47.6 Å². The van der Waals surface area contributed by atoms with E-state index in [9.17, 15) is 0 Å². The molecule has 2 rings (SSSR count). The SMILES string of the molecule is CCCNCc1ccc(-n2nc(C)c(C)c2C)c(C)c1. The van der Waals surface area contributed by atoms with Gasteiger partial charge in [-0.1, -0.05) is 19.1 Å². The van der Waals surface area contributed by atoms with Crippen molar-refractivity contribution in [1.29, 1.82) is 0 Å². The van der Waals surface area contributed by atoms with Gasteiger partial charge in [-0.05, 0) is 63.4 Å². The molecule has 0 aliphatic heterocycles. The molecule has 0 bridgehead atoms. The first kappa shape index (κ1) is 14.8. The van der Waals surface area contributed by atoms with Gasteiger partial charge in [0.15, 0.2) is 0 Å². The van der Waals surface area contributed by atoms with Crippen LogP contribution in [0.5, 0.6) is 0 Å². The third kappa shape index (κ3) is 2.93. The summed E-state index contributed by atoms with van der Waals surface area (Å²) in [5.74, 6) is 0. The Morgan fingerprint density at radius 2 is 1.90 bits per heavy atom. The zero-order chi connectivity index (χ0) is 14.7. The minimum absolute atomic E-state index is 0.936. The maximum Gasteiger partial charge on any atom is 0.0678 e. The topological polar surface area (TPSA) is 29.9 Å². The van der Waals surface area contributed by atoms with Crippen molar-refractivity contribution in [2.24, 2.45) is 0 Å². The predicted molar refractivity (Wildman–Crippen MR) is 84.5 cm³/mol. The molecular weight excluding hydrogens is 246 g/mol. The lowest BCUT2D eigenvalue weighted by Crippen LogP contribution is -2.14. The van der Waals surface area contributed by atoms with Gasteiger partial charge in [-0.2, -0.15) is 5.10 Å². The van der Waals surface area contributed by atoms with Crippen LogP contribution in [-0.4, -0.2) is 16.3 Å². The quantitative estimate of drug-likeness (QED) is 0.842. The maximum atomic E-state index is 4.65. The highest BCUT2D eigenvalue weighted by atomic mass is 15.3. The van der Waals surface area contributed by atoms with Gasteiger partial charge in [0.1, 0.15) is 0 Å². The van der Waals surface area contributed by atoms with Gasteiger partial charge < -0.3 is 5.32 Å². The van der Waals surface area contributed by atoms with Crippen LogP contribution in [0.1, 0.15) is 41.4 Å². The number of hydrogen-bond acceptors (Lipinski definition) is 2. The molecule has 1 aromatic carbocycles. The minimum Gasteiger partial charge on any atom is -0.313 e. The average molecular weight is 271 g/mol. The fourth-order valence-electron chi connectivity index (χ4n) is 2.43. The van der Waals surface area contributed by atoms with Crippen LogP contribution in [0, 0.1) is 27.7 Å². The average Bonchev–Trinajstić information content (AvgIpc) is 2.67. The zero-order valence-electron chi connectivity index (χ0n) is 13.2. The molecule has 2 aromatic rings. The number of nitrogens with zero attached hydrogens (tertiary/aromatic N) is 2. The van der Waals surface area contributed by atoms with E-state index >= 15 is 0 Å². The highest BCUT2D eigenvalue weighted by molar-refractivity contribution is 5.44. The summed E-state index contributed by atoms with van der Waals surface area (Å²) in [7, 11) is 0. The Bertz CT molecular complexity index is 597. The van der Waals surface area contributed by atoms with Gasteiger partial charge in [0.25, 0.3) is 0 Å². The van der Waals surface area contributed by atoms with Crippen LogP contribution >= 0.6 is 0 Å². The molecule has 20 heavy (non-hydrogen) atoms. The van der Waals surface area contributed by atoms with E-state index < -0.39 is 0 Å². The summed E-state index contributed by atoms with van der Waals surface area (Å²) in [6, 6.07) is 6.62. The highest BCUT2D eigenvalue weighted by Crippen LogP contribution is 2.20. The second-order valence-electron chi connectivity index (χ2n) is 5.51. The number of hydrogen-bond donors (Lipinski definition) is 1. The van der Waals surface area contributed by atoms with Crippen molar-refractivity contribution in [3.05, 3.63) is 46.3 Å². The van der Waals surface area contributed by atoms with E-state index in [-0.39, 0.29) is 0 Å². The van der Waals surface area contributed by atoms with Crippen LogP contribution in [0.3, 0.4) is 0 Å². The van der Waals surface area contributed by atoms with E-state index in [0.29, 0.717) is 0 Å². The molecular formula is C17H25N3. The van der Waals surface area contributed by atoms with Gasteiger partial charge in [0.2, 0.25) is 0 Å². The minimum atomic E-state index is 0.936. The first-order valence-electron chi connectivity index (χ1n) is 7.38. The number of nitrogens with one attached hydrogen (secondary N) is 1. The normalized spacial score (nSPS) is 11.1. The van der Waals surface area contributed by atoms with Crippen molar-refractivity contribution < 1.29 is 0 Å². The van der Waals surface area contributed by atoms with Crippen molar-refractivity contribution in [2.75, 3.05) is 6.54 Å². The standard InChI is InChI=1S/C17H25N3/c1-6-9-18-11-16-7-8-17(12(2)10-16)20-15(5)13(3)14(4)19-20/h7-8,10,18H,6,9,11H2,1-5H3. The monoisotopic (exact) mass is 271 g/mol. The van der Waals surface area contributed by atoms with E-state index in [1.54, 1.807) is 0 Å². The lowest BCUT2D eigenvalue weighted by molar-refractivity contribution is 0.675. The Kier molecular flexibility index (Phi) is 4.61. The lowest BCUT2D eigenvalue weighted by atomic mass is 10.1. The van der Waals surface area contributed by atoms with Crippen LogP contribution in [0.2, 0.25) is 0 Å². The molecule has 0 unspecified atom stereocenters. The molecule has 3 heteroatoms. The van der Waals surface area contributed by atoms with Gasteiger partial charge in [-0.3, -0.25) is 0 Å². The Morgan fingerprint density at radius 3 is 2.45 bits per heavy atom. The third-order valence-corrected chi connectivity index (χ3v) is 3.90. The molecule has 108 valence electrons. The van der Waals surface area contributed by atoms with Crippen LogP contribution in [-0.2, 0) is 6.54 Å². The lowest BCUT2D eigenvalue weighted by Gasteiger charge is -2.11. The first-order valence-corrected chi connectivity index (χ1v) is 7.38. The Morgan fingerprint density at radius 1 is 1.15 bits per heavy atom. The number of benzene rings is 1. The van der Waals surface area contributed by atoms with Crippen LogP contribution < -0.4 is 5.32 Å². The first-order chi connectivity index (χ1) is 9.54. The Balaban J connectivity index is 2.27. The maximum absolute atomic E-state index is 4.65. The van der Waals surface area contributed by atoms with Gasteiger partial charge in [0, 0.05) is 12.2 Å². The summed E-state index contributed by atoms with van der Waals surface area (Å²) in [6.45, 7) is 12.7. The van der Waals surface area contributed by atoms with Crippen LogP contribution in [0.15, 0.2) is 18.2 Å². The molecule has 0 spiro atoms. The molecule has 0 saturated heterocycles. The molecule has 0 radical (unpaired) electrons. The summed E-state index contributed by atoms with van der Waals surface area (Å²) in [6.07, 6.45) is 1.17. The molecule has 1 heterocycles. The summed E-state index contributed by atoms with van der Waals surface area (Å²) in [5, 5.41) is 8.09. The largest absolute Gasteiger partial charge is 0.313 e.